The molecule has 1 rings (SSSR count). The molecule has 0 radical (unpaired) electrons. The first kappa shape index (κ1) is 11.0. The van der Waals surface area contributed by atoms with Crippen LogP contribution in [0.25, 0.3) is 0 Å². The van der Waals surface area contributed by atoms with Gasteiger partial charge < -0.3 is 16.6 Å². The lowest BCUT2D eigenvalue weighted by molar-refractivity contribution is 0.474. The van der Waals surface area contributed by atoms with Crippen LogP contribution >= 0.6 is 11.6 Å². The number of hydrogen-bond acceptors (Lipinski definition) is 4. The first-order valence-corrected chi connectivity index (χ1v) is 4.47. The first-order valence-electron chi connectivity index (χ1n) is 4.09. The van der Waals surface area contributed by atoms with Crippen molar-refractivity contribution in [3.8, 4) is 5.75 Å². The molecule has 1 aromatic carbocycles. The molecule has 0 unspecified atom stereocenters. The third-order valence-corrected chi connectivity index (χ3v) is 1.90. The van der Waals surface area contributed by atoms with Crippen molar-refractivity contribution >= 4 is 17.8 Å². The minimum absolute atomic E-state index is 0.0897. The third kappa shape index (κ3) is 2.99. The van der Waals surface area contributed by atoms with Crippen LogP contribution in [-0.2, 0) is 0 Å². The van der Waals surface area contributed by atoms with Crippen LogP contribution in [0.1, 0.15) is 5.56 Å². The highest BCUT2D eigenvalue weighted by atomic mass is 35.5. The second kappa shape index (κ2) is 4.95. The van der Waals surface area contributed by atoms with Gasteiger partial charge in [0.1, 0.15) is 5.75 Å². The van der Waals surface area contributed by atoms with Crippen LogP contribution in [0.15, 0.2) is 23.2 Å². The molecule has 4 nitrogen and oxygen atoms in total. The topological polar surface area (TPSA) is 84.6 Å². The van der Waals surface area contributed by atoms with Crippen molar-refractivity contribution in [1.29, 1.82) is 0 Å². The summed E-state index contributed by atoms with van der Waals surface area (Å²) in [5.74, 6) is 0.0897. The SMILES string of the molecule is NC(N)CN=Cc1c(O)cccc1Cl. The van der Waals surface area contributed by atoms with Crippen molar-refractivity contribution in [3.63, 3.8) is 0 Å². The maximum atomic E-state index is 9.42. The predicted octanol–water partition coefficient (Wildman–Crippen LogP) is 0.708. The highest BCUT2D eigenvalue weighted by molar-refractivity contribution is 6.33. The van der Waals surface area contributed by atoms with Crippen LogP contribution in [0.2, 0.25) is 5.02 Å². The molecule has 0 aliphatic rings. The van der Waals surface area contributed by atoms with Crippen molar-refractivity contribution in [3.05, 3.63) is 28.8 Å². The Bertz CT molecular complexity index is 319. The first-order chi connectivity index (χ1) is 6.61. The van der Waals surface area contributed by atoms with Gasteiger partial charge in [-0.25, -0.2) is 0 Å². The number of hydrogen-bond donors (Lipinski definition) is 3. The van der Waals surface area contributed by atoms with Gasteiger partial charge in [0.25, 0.3) is 0 Å². The van der Waals surface area contributed by atoms with E-state index in [0.29, 0.717) is 17.1 Å². The van der Waals surface area contributed by atoms with Gasteiger partial charge in [-0.15, -0.1) is 0 Å². The zero-order valence-corrected chi connectivity index (χ0v) is 8.28. The van der Waals surface area contributed by atoms with Crippen LogP contribution in [0, 0.1) is 0 Å². The molecule has 0 aliphatic heterocycles. The number of aromatic hydroxyl groups is 1. The lowest BCUT2D eigenvalue weighted by atomic mass is 10.2. The van der Waals surface area contributed by atoms with Gasteiger partial charge >= 0.3 is 0 Å². The summed E-state index contributed by atoms with van der Waals surface area (Å²) in [6.07, 6.45) is 0.973. The molecule has 0 aliphatic carbocycles. The predicted molar refractivity (Wildman–Crippen MR) is 57.7 cm³/mol. The number of phenols is 1. The van der Waals surface area contributed by atoms with Crippen LogP contribution in [0.4, 0.5) is 0 Å². The number of phenolic OH excluding ortho intramolecular Hbond substituents is 1. The molecule has 0 amide bonds. The van der Waals surface area contributed by atoms with E-state index in [1.807, 2.05) is 0 Å². The van der Waals surface area contributed by atoms with Gasteiger partial charge in [0, 0.05) is 6.21 Å². The van der Waals surface area contributed by atoms with E-state index in [2.05, 4.69) is 4.99 Å². The Labute approximate surface area is 87.2 Å². The number of halogens is 1. The van der Waals surface area contributed by atoms with Crippen molar-refractivity contribution < 1.29 is 5.11 Å². The van der Waals surface area contributed by atoms with E-state index >= 15 is 0 Å². The molecule has 0 saturated heterocycles. The van der Waals surface area contributed by atoms with E-state index in [4.69, 9.17) is 23.1 Å². The molecule has 0 atom stereocenters. The maximum Gasteiger partial charge on any atom is 0.125 e. The Morgan fingerprint density at radius 3 is 2.79 bits per heavy atom. The van der Waals surface area contributed by atoms with E-state index in [-0.39, 0.29) is 5.75 Å². The number of benzene rings is 1. The van der Waals surface area contributed by atoms with Crippen molar-refractivity contribution in [2.24, 2.45) is 16.5 Å². The number of aliphatic imine (C=N–C) groups is 1. The van der Waals surface area contributed by atoms with Crippen LogP contribution in [0.5, 0.6) is 5.75 Å². The second-order valence-electron chi connectivity index (χ2n) is 2.83. The van der Waals surface area contributed by atoms with Crippen LogP contribution in [-0.4, -0.2) is 24.0 Å². The van der Waals surface area contributed by atoms with Gasteiger partial charge in [0.2, 0.25) is 0 Å². The molecule has 1 aromatic rings. The average molecular weight is 214 g/mol. The van der Waals surface area contributed by atoms with Gasteiger partial charge in [-0.1, -0.05) is 17.7 Å². The Hall–Kier alpha value is -1.10. The average Bonchev–Trinajstić information content (AvgIpc) is 2.09. The summed E-state index contributed by atoms with van der Waals surface area (Å²) in [4.78, 5) is 3.94. The summed E-state index contributed by atoms with van der Waals surface area (Å²) in [5.41, 5.74) is 11.1. The van der Waals surface area contributed by atoms with Gasteiger partial charge in [-0.3, -0.25) is 4.99 Å². The highest BCUT2D eigenvalue weighted by Gasteiger charge is 2.02. The monoisotopic (exact) mass is 213 g/mol. The van der Waals surface area contributed by atoms with Crippen LogP contribution in [0.3, 0.4) is 0 Å². The van der Waals surface area contributed by atoms with Crippen molar-refractivity contribution in [2.45, 2.75) is 6.17 Å². The minimum atomic E-state index is -0.490. The molecule has 0 aromatic heterocycles. The normalized spacial score (nSPS) is 11.4. The van der Waals surface area contributed by atoms with Crippen LogP contribution < -0.4 is 11.5 Å². The molecule has 76 valence electrons. The largest absolute Gasteiger partial charge is 0.507 e. The molecule has 0 saturated carbocycles. The summed E-state index contributed by atoms with van der Waals surface area (Å²) >= 11 is 5.83. The lowest BCUT2D eigenvalue weighted by Gasteiger charge is -2.02. The fraction of sp³-hybridized carbons (Fsp3) is 0.222. The molecule has 0 fully saturated rings. The minimum Gasteiger partial charge on any atom is -0.507 e. The fourth-order valence-electron chi connectivity index (χ4n) is 0.919. The zero-order chi connectivity index (χ0) is 10.6. The molecule has 0 bridgehead atoms. The van der Waals surface area contributed by atoms with Gasteiger partial charge in [0.15, 0.2) is 0 Å². The molecular weight excluding hydrogens is 202 g/mol. The standard InChI is InChI=1S/C9H12ClN3O/c10-7-2-1-3-8(14)6(7)4-13-5-9(11)12/h1-4,9,14H,5,11-12H2. The lowest BCUT2D eigenvalue weighted by Crippen LogP contribution is -2.33. The Morgan fingerprint density at radius 2 is 2.21 bits per heavy atom. The fourth-order valence-corrected chi connectivity index (χ4v) is 1.14. The summed E-state index contributed by atoms with van der Waals surface area (Å²) in [6, 6.07) is 4.87. The van der Waals surface area contributed by atoms with Crippen molar-refractivity contribution in [1.82, 2.24) is 0 Å². The van der Waals surface area contributed by atoms with E-state index < -0.39 is 6.17 Å². The summed E-state index contributed by atoms with van der Waals surface area (Å²) in [5, 5.41) is 9.86. The Kier molecular flexibility index (Phi) is 3.88. The smallest absolute Gasteiger partial charge is 0.125 e. The molecule has 0 spiro atoms. The molecular formula is C9H12ClN3O. The van der Waals surface area contributed by atoms with Gasteiger partial charge in [-0.05, 0) is 12.1 Å². The van der Waals surface area contributed by atoms with Crippen molar-refractivity contribution in [2.75, 3.05) is 6.54 Å². The molecule has 0 heterocycles. The van der Waals surface area contributed by atoms with Gasteiger partial charge in [0.05, 0.1) is 23.3 Å². The number of rotatable bonds is 3. The van der Waals surface area contributed by atoms with E-state index in [1.165, 1.54) is 12.3 Å². The second-order valence-corrected chi connectivity index (χ2v) is 3.24. The Balaban J connectivity index is 2.80. The van der Waals surface area contributed by atoms with E-state index in [1.54, 1.807) is 12.1 Å². The highest BCUT2D eigenvalue weighted by Crippen LogP contribution is 2.22. The quantitative estimate of drug-likeness (QED) is 0.511. The van der Waals surface area contributed by atoms with E-state index in [0.717, 1.165) is 0 Å². The zero-order valence-electron chi connectivity index (χ0n) is 7.52. The van der Waals surface area contributed by atoms with E-state index in [9.17, 15) is 5.11 Å². The summed E-state index contributed by atoms with van der Waals surface area (Å²) in [6.45, 7) is 0.296. The number of nitrogens with zero attached hydrogens (tertiary/aromatic N) is 1. The maximum absolute atomic E-state index is 9.42. The molecule has 14 heavy (non-hydrogen) atoms. The molecule has 5 heteroatoms. The molecule has 5 N–H and O–H groups in total. The third-order valence-electron chi connectivity index (χ3n) is 1.57. The summed E-state index contributed by atoms with van der Waals surface area (Å²) < 4.78 is 0. The Morgan fingerprint density at radius 1 is 1.50 bits per heavy atom. The summed E-state index contributed by atoms with van der Waals surface area (Å²) in [7, 11) is 0. The number of nitrogens with two attached hydrogens (primary N) is 2. The van der Waals surface area contributed by atoms with Gasteiger partial charge in [-0.2, -0.15) is 0 Å².